The van der Waals surface area contributed by atoms with Crippen molar-refractivity contribution in [1.82, 2.24) is 15.1 Å². The van der Waals surface area contributed by atoms with Gasteiger partial charge < -0.3 is 15.0 Å². The Morgan fingerprint density at radius 2 is 1.71 bits per heavy atom. The number of likely N-dealkylation sites (tertiary alicyclic amines) is 1. The van der Waals surface area contributed by atoms with Crippen molar-refractivity contribution in [2.24, 2.45) is 0 Å². The van der Waals surface area contributed by atoms with E-state index < -0.39 is 23.5 Å². The Bertz CT molecular complexity index is 1080. The number of benzene rings is 2. The van der Waals surface area contributed by atoms with Crippen LogP contribution < -0.4 is 5.32 Å². The Morgan fingerprint density at radius 1 is 1.06 bits per heavy atom. The summed E-state index contributed by atoms with van der Waals surface area (Å²) in [5.74, 6) is -1.36. The molecule has 7 nitrogen and oxygen atoms in total. The predicted molar refractivity (Wildman–Crippen MR) is 125 cm³/mol. The van der Waals surface area contributed by atoms with Crippen LogP contribution in [0.3, 0.4) is 0 Å². The van der Waals surface area contributed by atoms with Crippen molar-refractivity contribution in [3.05, 3.63) is 70.5 Å². The van der Waals surface area contributed by atoms with Gasteiger partial charge >= 0.3 is 0 Å². The van der Waals surface area contributed by atoms with Gasteiger partial charge in [0.05, 0.1) is 17.2 Å². The van der Waals surface area contributed by atoms with Crippen LogP contribution in [0.5, 0.6) is 0 Å². The van der Waals surface area contributed by atoms with E-state index >= 15 is 0 Å². The van der Waals surface area contributed by atoms with Crippen molar-refractivity contribution in [1.29, 1.82) is 0 Å². The number of carbonyl (C=O) groups is 3. The molecule has 2 heterocycles. The molecular weight excluding hydrogens is 461 g/mol. The van der Waals surface area contributed by atoms with E-state index in [1.165, 1.54) is 29.2 Å². The summed E-state index contributed by atoms with van der Waals surface area (Å²) in [6, 6.07) is 11.2. The number of hydrogen-bond donors (Lipinski definition) is 1. The normalized spacial score (nSPS) is 19.5. The maximum atomic E-state index is 13.6. The summed E-state index contributed by atoms with van der Waals surface area (Å²) in [6.45, 7) is 4.39. The Labute approximate surface area is 202 Å². The van der Waals surface area contributed by atoms with Crippen molar-refractivity contribution in [3.8, 4) is 0 Å². The molecule has 0 saturated carbocycles. The van der Waals surface area contributed by atoms with Crippen LogP contribution in [0.25, 0.3) is 0 Å². The minimum atomic E-state index is -1.04. The van der Waals surface area contributed by atoms with Crippen LogP contribution in [-0.4, -0.2) is 65.0 Å². The van der Waals surface area contributed by atoms with Crippen molar-refractivity contribution in [3.63, 3.8) is 0 Å². The highest BCUT2D eigenvalue weighted by atomic mass is 35.5. The fourth-order valence-electron chi connectivity index (χ4n) is 4.54. The molecule has 1 atom stereocenters. The maximum Gasteiger partial charge on any atom is 0.256 e. The van der Waals surface area contributed by atoms with Gasteiger partial charge in [-0.2, -0.15) is 0 Å². The minimum absolute atomic E-state index is 0.0456. The van der Waals surface area contributed by atoms with Gasteiger partial charge in [0.15, 0.2) is 0 Å². The van der Waals surface area contributed by atoms with Gasteiger partial charge in [0.2, 0.25) is 5.91 Å². The van der Waals surface area contributed by atoms with Gasteiger partial charge in [-0.3, -0.25) is 19.3 Å². The molecule has 4 rings (SSSR count). The van der Waals surface area contributed by atoms with E-state index in [4.69, 9.17) is 16.3 Å². The number of carbonyl (C=O) groups excluding carboxylic acids is 3. The monoisotopic (exact) mass is 487 g/mol. The van der Waals surface area contributed by atoms with E-state index in [2.05, 4.69) is 5.32 Å². The van der Waals surface area contributed by atoms with Crippen LogP contribution in [0.15, 0.2) is 48.5 Å². The molecule has 1 N–H and O–H groups in total. The third-order valence-electron chi connectivity index (χ3n) is 6.24. The number of halogens is 2. The van der Waals surface area contributed by atoms with Gasteiger partial charge in [-0.25, -0.2) is 4.39 Å². The zero-order valence-corrected chi connectivity index (χ0v) is 19.8. The number of nitrogens with zero attached hydrogens (tertiary/aromatic N) is 2. The van der Waals surface area contributed by atoms with Crippen LogP contribution in [0.1, 0.15) is 47.4 Å². The average Bonchev–Trinajstić information content (AvgIpc) is 3.17. The van der Waals surface area contributed by atoms with Crippen molar-refractivity contribution in [2.45, 2.75) is 44.5 Å². The summed E-state index contributed by atoms with van der Waals surface area (Å²) in [4.78, 5) is 42.7. The summed E-state index contributed by atoms with van der Waals surface area (Å²) < 4.78 is 19.6. The highest BCUT2D eigenvalue weighted by Crippen LogP contribution is 2.39. The molecule has 1 spiro atoms. The first kappa shape index (κ1) is 24.2. The lowest BCUT2D eigenvalue weighted by Crippen LogP contribution is -2.60. The van der Waals surface area contributed by atoms with Crippen LogP contribution in [0.2, 0.25) is 5.02 Å². The number of rotatable bonds is 4. The number of hydrogen-bond acceptors (Lipinski definition) is 4. The summed E-state index contributed by atoms with van der Waals surface area (Å²) in [6.07, 6.45) is 0.670. The highest BCUT2D eigenvalue weighted by molar-refractivity contribution is 6.33. The van der Waals surface area contributed by atoms with Gasteiger partial charge in [0.1, 0.15) is 17.6 Å². The molecule has 0 bridgehead atoms. The molecule has 0 radical (unpaired) electrons. The van der Waals surface area contributed by atoms with Gasteiger partial charge in [-0.1, -0.05) is 23.7 Å². The molecule has 2 saturated heterocycles. The van der Waals surface area contributed by atoms with E-state index in [0.29, 0.717) is 36.5 Å². The second-order valence-electron chi connectivity index (χ2n) is 8.89. The number of piperidine rings is 1. The smallest absolute Gasteiger partial charge is 0.256 e. The molecule has 3 amide bonds. The summed E-state index contributed by atoms with van der Waals surface area (Å²) >= 11 is 6.20. The summed E-state index contributed by atoms with van der Waals surface area (Å²) in [5, 5.41) is 3.23. The van der Waals surface area contributed by atoms with Crippen molar-refractivity contribution >= 4 is 29.3 Å². The molecule has 0 aromatic heterocycles. The highest BCUT2D eigenvalue weighted by Gasteiger charge is 2.54. The molecule has 2 aromatic carbocycles. The molecule has 0 aliphatic carbocycles. The van der Waals surface area contributed by atoms with Crippen molar-refractivity contribution in [2.75, 3.05) is 19.7 Å². The van der Waals surface area contributed by atoms with E-state index in [0.717, 1.165) is 0 Å². The predicted octanol–water partition coefficient (Wildman–Crippen LogP) is 3.48. The first-order chi connectivity index (χ1) is 16.2. The van der Waals surface area contributed by atoms with Gasteiger partial charge in [0, 0.05) is 37.5 Å². The Hall–Kier alpha value is -2.97. The second-order valence-corrected chi connectivity index (χ2v) is 9.30. The molecule has 9 heteroatoms. The fourth-order valence-corrected chi connectivity index (χ4v) is 4.76. The third-order valence-corrected chi connectivity index (χ3v) is 6.57. The average molecular weight is 488 g/mol. The molecule has 2 aromatic rings. The molecular formula is C25H27ClFN3O4. The zero-order valence-electron chi connectivity index (χ0n) is 19.1. The van der Waals surface area contributed by atoms with Gasteiger partial charge in [-0.05, 0) is 50.2 Å². The molecule has 1 unspecified atom stereocenters. The fraction of sp³-hybridized carbons (Fsp3) is 0.400. The number of nitrogens with one attached hydrogen (secondary N) is 1. The first-order valence-electron chi connectivity index (χ1n) is 11.3. The first-order valence-corrected chi connectivity index (χ1v) is 11.7. The van der Waals surface area contributed by atoms with E-state index in [1.807, 2.05) is 13.8 Å². The molecule has 2 aliphatic heterocycles. The van der Waals surface area contributed by atoms with E-state index in [-0.39, 0.29) is 30.0 Å². The Morgan fingerprint density at radius 3 is 2.32 bits per heavy atom. The second kappa shape index (κ2) is 9.72. The third kappa shape index (κ3) is 4.65. The van der Waals surface area contributed by atoms with Gasteiger partial charge in [-0.15, -0.1) is 0 Å². The lowest BCUT2D eigenvalue weighted by Gasteiger charge is -2.44. The molecule has 2 aliphatic rings. The maximum absolute atomic E-state index is 13.6. The minimum Gasteiger partial charge on any atom is -0.353 e. The molecule has 2 fully saturated rings. The quantitative estimate of drug-likeness (QED) is 0.716. The largest absolute Gasteiger partial charge is 0.353 e. The molecule has 180 valence electrons. The zero-order chi connectivity index (χ0) is 24.5. The number of amides is 3. The van der Waals surface area contributed by atoms with Crippen LogP contribution in [-0.2, 0) is 9.53 Å². The Kier molecular flexibility index (Phi) is 6.91. The van der Waals surface area contributed by atoms with Crippen LogP contribution >= 0.6 is 11.6 Å². The van der Waals surface area contributed by atoms with E-state index in [9.17, 15) is 18.8 Å². The van der Waals surface area contributed by atoms with Crippen LogP contribution in [0.4, 0.5) is 4.39 Å². The van der Waals surface area contributed by atoms with Crippen LogP contribution in [0, 0.1) is 5.82 Å². The summed E-state index contributed by atoms with van der Waals surface area (Å²) in [7, 11) is 0. The lowest BCUT2D eigenvalue weighted by molar-refractivity contribution is -0.128. The van der Waals surface area contributed by atoms with Gasteiger partial charge in [0.25, 0.3) is 11.8 Å². The standard InChI is InChI=1S/C25H27ClFN3O4/c1-16(2)28-22(31)21-15-34-25(30(21)23(32)17-7-9-18(27)10-8-17)11-13-29(14-12-25)24(33)19-5-3-4-6-20(19)26/h3-10,16,21H,11-15H2,1-2H3,(H,28,31). The van der Waals surface area contributed by atoms with E-state index in [1.54, 1.807) is 29.2 Å². The summed E-state index contributed by atoms with van der Waals surface area (Å²) in [5.41, 5.74) is -0.356. The molecule has 34 heavy (non-hydrogen) atoms. The lowest BCUT2D eigenvalue weighted by atomic mass is 9.96. The number of ether oxygens (including phenoxy) is 1. The SMILES string of the molecule is CC(C)NC(=O)C1COC2(CCN(C(=O)c3ccccc3Cl)CC2)N1C(=O)c1ccc(F)cc1. The van der Waals surface area contributed by atoms with Crippen molar-refractivity contribution < 1.29 is 23.5 Å². The Balaban J connectivity index is 1.58. The topological polar surface area (TPSA) is 79.0 Å².